The molecule has 2 unspecified atom stereocenters. The van der Waals surface area contributed by atoms with Gasteiger partial charge in [-0.15, -0.1) is 22.7 Å². The summed E-state index contributed by atoms with van der Waals surface area (Å²) in [6, 6.07) is 8.92. The lowest BCUT2D eigenvalue weighted by Crippen LogP contribution is -2.34. The van der Waals surface area contributed by atoms with E-state index in [4.69, 9.17) is 0 Å². The fourth-order valence-electron chi connectivity index (χ4n) is 1.90. The Hall–Kier alpha value is -0.490. The topological polar surface area (TPSA) is 29.1 Å². The molecule has 2 nitrogen and oxygen atoms in total. The number of thiophene rings is 2. The van der Waals surface area contributed by atoms with Crippen molar-refractivity contribution in [3.63, 3.8) is 0 Å². The Bertz CT molecular complexity index is 444. The summed E-state index contributed by atoms with van der Waals surface area (Å²) in [5, 5.41) is 7.78. The zero-order chi connectivity index (χ0) is 13.0. The minimum Gasteiger partial charge on any atom is -0.301 e. The van der Waals surface area contributed by atoms with Crippen LogP contribution in [-0.2, 0) is 10.8 Å². The molecule has 2 aromatic rings. The molecule has 0 fully saturated rings. The minimum atomic E-state index is -0.761. The van der Waals surface area contributed by atoms with Crippen molar-refractivity contribution in [2.45, 2.75) is 19.0 Å². The fourth-order valence-corrected chi connectivity index (χ4v) is 4.38. The van der Waals surface area contributed by atoms with E-state index in [1.165, 1.54) is 9.75 Å². The van der Waals surface area contributed by atoms with Gasteiger partial charge >= 0.3 is 0 Å². The van der Waals surface area contributed by atoms with E-state index < -0.39 is 10.8 Å². The van der Waals surface area contributed by atoms with Crippen LogP contribution in [0.2, 0.25) is 0 Å². The van der Waals surface area contributed by atoms with E-state index in [1.807, 2.05) is 0 Å². The zero-order valence-electron chi connectivity index (χ0n) is 10.5. The molecule has 0 aromatic carbocycles. The monoisotopic (exact) mass is 299 g/mol. The van der Waals surface area contributed by atoms with E-state index in [0.29, 0.717) is 5.75 Å². The molecular formula is C13H17NOS3. The van der Waals surface area contributed by atoms with Crippen LogP contribution in [0.1, 0.15) is 22.7 Å². The van der Waals surface area contributed by atoms with Gasteiger partial charge in [0.1, 0.15) is 0 Å². The predicted octanol–water partition coefficient (Wildman–Crippen LogP) is 3.26. The quantitative estimate of drug-likeness (QED) is 0.887. The Kier molecular flexibility index (Phi) is 5.12. The first-order valence-electron chi connectivity index (χ1n) is 5.79. The number of nitrogens with one attached hydrogen (secondary N) is 1. The summed E-state index contributed by atoms with van der Waals surface area (Å²) >= 11 is 3.52. The zero-order valence-corrected chi connectivity index (χ0v) is 12.9. The van der Waals surface area contributed by atoms with Crippen LogP contribution in [0.4, 0.5) is 0 Å². The fraction of sp³-hybridized carbons (Fsp3) is 0.385. The van der Waals surface area contributed by atoms with Crippen LogP contribution in [0.3, 0.4) is 0 Å². The third-order valence-electron chi connectivity index (χ3n) is 2.59. The van der Waals surface area contributed by atoms with Crippen LogP contribution in [0.25, 0.3) is 0 Å². The largest absolute Gasteiger partial charge is 0.301 e. The molecule has 0 saturated carbocycles. The summed E-state index contributed by atoms with van der Waals surface area (Å²) < 4.78 is 11.3. The van der Waals surface area contributed by atoms with Gasteiger partial charge in [0.05, 0.1) is 6.04 Å². The van der Waals surface area contributed by atoms with Gasteiger partial charge in [-0.2, -0.15) is 0 Å². The second kappa shape index (κ2) is 6.61. The molecule has 2 rings (SSSR count). The van der Waals surface area contributed by atoms with Gasteiger partial charge in [0, 0.05) is 38.6 Å². The van der Waals surface area contributed by atoms with E-state index in [2.05, 4.69) is 47.3 Å². The normalized spacial score (nSPS) is 14.8. The SMILES string of the molecule is CC(CS(C)=O)NC(c1cccs1)c1cccs1. The van der Waals surface area contributed by atoms with Crippen LogP contribution >= 0.6 is 22.7 Å². The highest BCUT2D eigenvalue weighted by Gasteiger charge is 2.18. The lowest BCUT2D eigenvalue weighted by Gasteiger charge is -2.21. The molecule has 2 heterocycles. The van der Waals surface area contributed by atoms with E-state index >= 15 is 0 Å². The minimum absolute atomic E-state index is 0.226. The molecule has 98 valence electrons. The molecular weight excluding hydrogens is 282 g/mol. The van der Waals surface area contributed by atoms with Crippen molar-refractivity contribution in [2.75, 3.05) is 12.0 Å². The highest BCUT2D eigenvalue weighted by molar-refractivity contribution is 7.84. The van der Waals surface area contributed by atoms with E-state index in [1.54, 1.807) is 28.9 Å². The molecule has 5 heteroatoms. The van der Waals surface area contributed by atoms with Crippen LogP contribution in [-0.4, -0.2) is 22.3 Å². The average molecular weight is 299 g/mol. The van der Waals surface area contributed by atoms with E-state index in [9.17, 15) is 4.21 Å². The third-order valence-corrected chi connectivity index (χ3v) is 5.44. The van der Waals surface area contributed by atoms with E-state index in [0.717, 1.165) is 0 Å². The van der Waals surface area contributed by atoms with Crippen molar-refractivity contribution in [3.05, 3.63) is 44.8 Å². The Labute approximate surface area is 119 Å². The van der Waals surface area contributed by atoms with Crippen LogP contribution in [0.5, 0.6) is 0 Å². The smallest absolute Gasteiger partial charge is 0.0767 e. The second-order valence-electron chi connectivity index (χ2n) is 4.27. The Morgan fingerprint density at radius 2 is 1.78 bits per heavy atom. The summed E-state index contributed by atoms with van der Waals surface area (Å²) in [4.78, 5) is 2.62. The van der Waals surface area contributed by atoms with Crippen molar-refractivity contribution in [1.82, 2.24) is 5.32 Å². The maximum absolute atomic E-state index is 11.3. The maximum Gasteiger partial charge on any atom is 0.0767 e. The summed E-state index contributed by atoms with van der Waals surface area (Å²) in [6.45, 7) is 2.09. The summed E-state index contributed by atoms with van der Waals surface area (Å²) in [5.41, 5.74) is 0. The molecule has 2 atom stereocenters. The van der Waals surface area contributed by atoms with Gasteiger partial charge in [-0.3, -0.25) is 4.21 Å². The maximum atomic E-state index is 11.3. The highest BCUT2D eigenvalue weighted by atomic mass is 32.2. The van der Waals surface area contributed by atoms with Gasteiger partial charge in [0.25, 0.3) is 0 Å². The predicted molar refractivity (Wildman–Crippen MR) is 82.0 cm³/mol. The van der Waals surface area contributed by atoms with Crippen molar-refractivity contribution in [1.29, 1.82) is 0 Å². The molecule has 18 heavy (non-hydrogen) atoms. The molecule has 2 aromatic heterocycles. The second-order valence-corrected chi connectivity index (χ2v) is 7.71. The Morgan fingerprint density at radius 1 is 1.22 bits per heavy atom. The van der Waals surface area contributed by atoms with Crippen LogP contribution in [0, 0.1) is 0 Å². The first-order valence-corrected chi connectivity index (χ1v) is 9.28. The van der Waals surface area contributed by atoms with Gasteiger partial charge in [0.2, 0.25) is 0 Å². The first kappa shape index (κ1) is 13.9. The standard InChI is InChI=1S/C13H17NOS3/c1-10(9-18(2)15)14-13(11-5-3-7-16-11)12-6-4-8-17-12/h3-8,10,13-14H,9H2,1-2H3. The molecule has 0 spiro atoms. The van der Waals surface area contributed by atoms with Crippen LogP contribution < -0.4 is 5.32 Å². The molecule has 1 N–H and O–H groups in total. The van der Waals surface area contributed by atoms with Gasteiger partial charge in [-0.1, -0.05) is 12.1 Å². The van der Waals surface area contributed by atoms with E-state index in [-0.39, 0.29) is 12.1 Å². The summed E-state index contributed by atoms with van der Waals surface area (Å²) in [7, 11) is -0.761. The molecule has 0 radical (unpaired) electrons. The summed E-state index contributed by atoms with van der Waals surface area (Å²) in [5.74, 6) is 0.688. The Morgan fingerprint density at radius 3 is 2.17 bits per heavy atom. The Balaban J connectivity index is 2.14. The van der Waals surface area contributed by atoms with Gasteiger partial charge < -0.3 is 5.32 Å². The molecule has 0 saturated heterocycles. The number of hydrogen-bond donors (Lipinski definition) is 1. The van der Waals surface area contributed by atoms with Gasteiger partial charge in [0.15, 0.2) is 0 Å². The molecule has 0 aliphatic heterocycles. The van der Waals surface area contributed by atoms with Crippen molar-refractivity contribution < 1.29 is 4.21 Å². The van der Waals surface area contributed by atoms with Gasteiger partial charge in [-0.25, -0.2) is 0 Å². The molecule has 0 aliphatic carbocycles. The summed E-state index contributed by atoms with van der Waals surface area (Å²) in [6.07, 6.45) is 1.75. The van der Waals surface area contributed by atoms with Crippen molar-refractivity contribution in [3.8, 4) is 0 Å². The van der Waals surface area contributed by atoms with Crippen LogP contribution in [0.15, 0.2) is 35.0 Å². The first-order chi connectivity index (χ1) is 8.66. The highest BCUT2D eigenvalue weighted by Crippen LogP contribution is 2.29. The number of rotatable bonds is 6. The average Bonchev–Trinajstić information content (AvgIpc) is 2.98. The lowest BCUT2D eigenvalue weighted by molar-refractivity contribution is 0.540. The van der Waals surface area contributed by atoms with Crippen molar-refractivity contribution in [2.24, 2.45) is 0 Å². The molecule has 0 bridgehead atoms. The number of hydrogen-bond acceptors (Lipinski definition) is 4. The molecule has 0 amide bonds. The lowest BCUT2D eigenvalue weighted by atomic mass is 10.2. The molecule has 0 aliphatic rings. The van der Waals surface area contributed by atoms with Gasteiger partial charge in [-0.05, 0) is 29.8 Å². The third kappa shape index (κ3) is 3.75. The van der Waals surface area contributed by atoms with Crippen molar-refractivity contribution >= 4 is 33.5 Å².